The van der Waals surface area contributed by atoms with Crippen molar-refractivity contribution in [3.63, 3.8) is 0 Å². The average Bonchev–Trinajstić information content (AvgIpc) is 2.19. The van der Waals surface area contributed by atoms with E-state index in [1.807, 2.05) is 44.2 Å². The molecule has 1 rings (SSSR count). The standard InChI is InChI=1S/C12H19NO/c1-12(2,11(14)8-9-13)10-6-4-3-5-7-10/h3-7,11,14H,8-9,13H2,1-2H3/t11-/m1/s1. The molecule has 0 aliphatic heterocycles. The number of rotatable bonds is 4. The van der Waals surface area contributed by atoms with Gasteiger partial charge in [0.25, 0.3) is 0 Å². The Hall–Kier alpha value is -0.860. The Bertz CT molecular complexity index is 269. The van der Waals surface area contributed by atoms with Crippen LogP contribution in [0, 0.1) is 0 Å². The normalized spacial score (nSPS) is 14.0. The predicted octanol–water partition coefficient (Wildman–Crippen LogP) is 1.67. The van der Waals surface area contributed by atoms with Gasteiger partial charge in [-0.05, 0) is 18.5 Å². The van der Waals surface area contributed by atoms with E-state index in [0.29, 0.717) is 13.0 Å². The SMILES string of the molecule is CC(C)(c1ccccc1)[C@H](O)CCN. The van der Waals surface area contributed by atoms with Crippen molar-refractivity contribution in [3.05, 3.63) is 35.9 Å². The molecule has 0 aliphatic rings. The molecule has 1 aromatic rings. The van der Waals surface area contributed by atoms with Crippen LogP contribution in [0.15, 0.2) is 30.3 Å². The second kappa shape index (κ2) is 4.58. The number of benzene rings is 1. The van der Waals surface area contributed by atoms with Crippen molar-refractivity contribution in [2.45, 2.75) is 31.8 Å². The van der Waals surface area contributed by atoms with E-state index in [1.54, 1.807) is 0 Å². The zero-order valence-electron chi connectivity index (χ0n) is 8.90. The third-order valence-corrected chi connectivity index (χ3v) is 2.79. The van der Waals surface area contributed by atoms with E-state index in [0.717, 1.165) is 5.56 Å². The molecule has 0 radical (unpaired) electrons. The largest absolute Gasteiger partial charge is 0.392 e. The van der Waals surface area contributed by atoms with Crippen molar-refractivity contribution in [1.82, 2.24) is 0 Å². The Morgan fingerprint density at radius 1 is 1.29 bits per heavy atom. The van der Waals surface area contributed by atoms with Gasteiger partial charge in [-0.25, -0.2) is 0 Å². The summed E-state index contributed by atoms with van der Waals surface area (Å²) < 4.78 is 0. The highest BCUT2D eigenvalue weighted by atomic mass is 16.3. The van der Waals surface area contributed by atoms with Crippen LogP contribution < -0.4 is 5.73 Å². The van der Waals surface area contributed by atoms with Gasteiger partial charge in [0.15, 0.2) is 0 Å². The Kier molecular flexibility index (Phi) is 3.67. The Balaban J connectivity index is 2.84. The van der Waals surface area contributed by atoms with Crippen molar-refractivity contribution in [2.75, 3.05) is 6.54 Å². The van der Waals surface area contributed by atoms with Crippen molar-refractivity contribution in [2.24, 2.45) is 5.73 Å². The monoisotopic (exact) mass is 193 g/mol. The van der Waals surface area contributed by atoms with E-state index >= 15 is 0 Å². The first-order valence-corrected chi connectivity index (χ1v) is 5.02. The van der Waals surface area contributed by atoms with Crippen molar-refractivity contribution in [1.29, 1.82) is 0 Å². The van der Waals surface area contributed by atoms with Crippen LogP contribution in [0.4, 0.5) is 0 Å². The first-order chi connectivity index (χ1) is 6.59. The molecule has 0 heterocycles. The molecule has 2 nitrogen and oxygen atoms in total. The van der Waals surface area contributed by atoms with Gasteiger partial charge in [0.2, 0.25) is 0 Å². The van der Waals surface area contributed by atoms with Crippen LogP contribution in [0.2, 0.25) is 0 Å². The fourth-order valence-corrected chi connectivity index (χ4v) is 1.58. The van der Waals surface area contributed by atoms with Crippen molar-refractivity contribution in [3.8, 4) is 0 Å². The van der Waals surface area contributed by atoms with Crippen LogP contribution in [0.5, 0.6) is 0 Å². The lowest BCUT2D eigenvalue weighted by Gasteiger charge is -2.30. The molecule has 0 aliphatic carbocycles. The number of hydrogen-bond donors (Lipinski definition) is 2. The molecule has 1 atom stereocenters. The minimum atomic E-state index is -0.380. The zero-order chi connectivity index (χ0) is 10.6. The third-order valence-electron chi connectivity index (χ3n) is 2.79. The minimum absolute atomic E-state index is 0.222. The average molecular weight is 193 g/mol. The molecule has 2 heteroatoms. The van der Waals surface area contributed by atoms with Crippen LogP contribution in [-0.2, 0) is 5.41 Å². The highest BCUT2D eigenvalue weighted by Gasteiger charge is 2.28. The van der Waals surface area contributed by atoms with Gasteiger partial charge in [0.05, 0.1) is 6.10 Å². The first kappa shape index (κ1) is 11.2. The molecular formula is C12H19NO. The highest BCUT2D eigenvalue weighted by molar-refractivity contribution is 5.24. The summed E-state index contributed by atoms with van der Waals surface area (Å²) in [7, 11) is 0. The first-order valence-electron chi connectivity index (χ1n) is 5.02. The molecule has 0 saturated heterocycles. The molecule has 0 fully saturated rings. The summed E-state index contributed by atoms with van der Waals surface area (Å²) in [5.74, 6) is 0. The van der Waals surface area contributed by atoms with E-state index in [2.05, 4.69) is 0 Å². The lowest BCUT2D eigenvalue weighted by Crippen LogP contribution is -2.35. The summed E-state index contributed by atoms with van der Waals surface area (Å²) in [5.41, 5.74) is 6.38. The summed E-state index contributed by atoms with van der Waals surface area (Å²) in [5, 5.41) is 9.95. The Labute approximate surface area is 85.8 Å². The number of nitrogens with two attached hydrogens (primary N) is 1. The van der Waals surface area contributed by atoms with Gasteiger partial charge < -0.3 is 10.8 Å². The maximum atomic E-state index is 9.95. The van der Waals surface area contributed by atoms with Crippen LogP contribution in [0.1, 0.15) is 25.8 Å². The van der Waals surface area contributed by atoms with Crippen LogP contribution in [0.25, 0.3) is 0 Å². The maximum Gasteiger partial charge on any atom is 0.0643 e. The number of aliphatic hydroxyl groups excluding tert-OH is 1. The fourth-order valence-electron chi connectivity index (χ4n) is 1.58. The molecule has 0 aromatic heterocycles. The summed E-state index contributed by atoms with van der Waals surface area (Å²) in [6.45, 7) is 4.61. The van der Waals surface area contributed by atoms with E-state index in [9.17, 15) is 5.11 Å². The van der Waals surface area contributed by atoms with E-state index in [-0.39, 0.29) is 11.5 Å². The summed E-state index contributed by atoms with van der Waals surface area (Å²) in [4.78, 5) is 0. The predicted molar refractivity (Wildman–Crippen MR) is 59.1 cm³/mol. The van der Waals surface area contributed by atoms with Crippen LogP contribution in [-0.4, -0.2) is 17.8 Å². The molecule has 0 amide bonds. The lowest BCUT2D eigenvalue weighted by molar-refractivity contribution is 0.0936. The lowest BCUT2D eigenvalue weighted by atomic mass is 9.78. The smallest absolute Gasteiger partial charge is 0.0643 e. The zero-order valence-corrected chi connectivity index (χ0v) is 8.90. The summed E-state index contributed by atoms with van der Waals surface area (Å²) in [6, 6.07) is 10.0. The van der Waals surface area contributed by atoms with Gasteiger partial charge in [0.1, 0.15) is 0 Å². The van der Waals surface area contributed by atoms with E-state index in [4.69, 9.17) is 5.73 Å². The highest BCUT2D eigenvalue weighted by Crippen LogP contribution is 2.28. The van der Waals surface area contributed by atoms with Crippen molar-refractivity contribution >= 4 is 0 Å². The van der Waals surface area contributed by atoms with Crippen molar-refractivity contribution < 1.29 is 5.11 Å². The minimum Gasteiger partial charge on any atom is -0.392 e. The van der Waals surface area contributed by atoms with E-state index < -0.39 is 0 Å². The topological polar surface area (TPSA) is 46.2 Å². The quantitative estimate of drug-likeness (QED) is 0.764. The molecule has 0 unspecified atom stereocenters. The number of aliphatic hydroxyl groups is 1. The van der Waals surface area contributed by atoms with Gasteiger partial charge in [-0.1, -0.05) is 44.2 Å². The Morgan fingerprint density at radius 2 is 1.86 bits per heavy atom. The molecule has 3 N–H and O–H groups in total. The van der Waals surface area contributed by atoms with Crippen LogP contribution in [0.3, 0.4) is 0 Å². The van der Waals surface area contributed by atoms with Gasteiger partial charge in [0, 0.05) is 5.41 Å². The van der Waals surface area contributed by atoms with Gasteiger partial charge in [-0.15, -0.1) is 0 Å². The molecule has 14 heavy (non-hydrogen) atoms. The second-order valence-electron chi connectivity index (χ2n) is 4.18. The third kappa shape index (κ3) is 2.34. The van der Waals surface area contributed by atoms with Gasteiger partial charge in [-0.3, -0.25) is 0 Å². The summed E-state index contributed by atoms with van der Waals surface area (Å²) in [6.07, 6.45) is 0.261. The van der Waals surface area contributed by atoms with Gasteiger partial charge >= 0.3 is 0 Å². The van der Waals surface area contributed by atoms with E-state index in [1.165, 1.54) is 0 Å². The molecular weight excluding hydrogens is 174 g/mol. The van der Waals surface area contributed by atoms with Crippen LogP contribution >= 0.6 is 0 Å². The fraction of sp³-hybridized carbons (Fsp3) is 0.500. The molecule has 0 spiro atoms. The second-order valence-corrected chi connectivity index (χ2v) is 4.18. The molecule has 1 aromatic carbocycles. The summed E-state index contributed by atoms with van der Waals surface area (Å²) >= 11 is 0. The maximum absolute atomic E-state index is 9.95. The number of hydrogen-bond acceptors (Lipinski definition) is 2. The molecule has 0 bridgehead atoms. The molecule has 78 valence electrons. The van der Waals surface area contributed by atoms with Gasteiger partial charge in [-0.2, -0.15) is 0 Å². The Morgan fingerprint density at radius 3 is 2.36 bits per heavy atom. The molecule has 0 saturated carbocycles.